The number of hydrogen-bond acceptors (Lipinski definition) is 5. The maximum atomic E-state index is 12.7. The molecule has 0 radical (unpaired) electrons. The minimum atomic E-state index is -4.51. The number of carbonyl (C=O) groups excluding carboxylic acids is 1. The standard InChI is InChI=1S/C20H21F3N4O2/c1-4-18(28)25-14-7-8-15(19-13(14)6-10-17(26-19)27(2)3)29-12-5-9-16(24-11-12)20(21,22)23/h4-6,9-11,14-15H,1,7-8H2,2-3H3,(H,25,28). The number of hydrogen-bond donors (Lipinski definition) is 1. The van der Waals surface area contributed by atoms with Crippen LogP contribution in [0.1, 0.15) is 41.9 Å². The first-order chi connectivity index (χ1) is 13.7. The van der Waals surface area contributed by atoms with Gasteiger partial charge >= 0.3 is 6.18 Å². The third kappa shape index (κ3) is 4.67. The van der Waals surface area contributed by atoms with Crippen molar-refractivity contribution in [3.05, 3.63) is 60.1 Å². The van der Waals surface area contributed by atoms with Crippen molar-refractivity contribution in [3.8, 4) is 5.75 Å². The van der Waals surface area contributed by atoms with Crippen LogP contribution in [0, 0.1) is 0 Å². The second-order valence-electron chi connectivity index (χ2n) is 6.86. The summed E-state index contributed by atoms with van der Waals surface area (Å²) in [4.78, 5) is 21.7. The predicted octanol–water partition coefficient (Wildman–Crippen LogP) is 3.82. The van der Waals surface area contributed by atoms with Crippen LogP contribution in [0.3, 0.4) is 0 Å². The van der Waals surface area contributed by atoms with E-state index in [1.807, 2.05) is 31.1 Å². The summed E-state index contributed by atoms with van der Waals surface area (Å²) in [5, 5.41) is 2.88. The van der Waals surface area contributed by atoms with E-state index in [2.05, 4.69) is 21.9 Å². The van der Waals surface area contributed by atoms with Crippen molar-refractivity contribution in [2.75, 3.05) is 19.0 Å². The molecular weight excluding hydrogens is 385 g/mol. The molecule has 2 unspecified atom stereocenters. The number of carbonyl (C=O) groups is 1. The maximum Gasteiger partial charge on any atom is 0.433 e. The van der Waals surface area contributed by atoms with E-state index in [9.17, 15) is 18.0 Å². The Morgan fingerprint density at radius 2 is 2.03 bits per heavy atom. The lowest BCUT2D eigenvalue weighted by atomic mass is 9.89. The molecule has 1 aliphatic rings. The molecule has 0 saturated carbocycles. The smallest absolute Gasteiger partial charge is 0.433 e. The number of ether oxygens (including phenoxy) is 1. The van der Waals surface area contributed by atoms with Crippen LogP contribution >= 0.6 is 0 Å². The first kappa shape index (κ1) is 20.6. The Bertz CT molecular complexity index is 898. The molecular formula is C20H21F3N4O2. The molecule has 154 valence electrons. The molecule has 3 rings (SSSR count). The Balaban J connectivity index is 1.89. The molecule has 0 spiro atoms. The van der Waals surface area contributed by atoms with Gasteiger partial charge in [-0.05, 0) is 42.7 Å². The van der Waals surface area contributed by atoms with Gasteiger partial charge in [0, 0.05) is 14.1 Å². The monoisotopic (exact) mass is 406 g/mol. The van der Waals surface area contributed by atoms with Crippen LogP contribution < -0.4 is 15.0 Å². The van der Waals surface area contributed by atoms with Gasteiger partial charge in [0.2, 0.25) is 5.91 Å². The van der Waals surface area contributed by atoms with Gasteiger partial charge in [0.15, 0.2) is 0 Å². The highest BCUT2D eigenvalue weighted by molar-refractivity contribution is 5.87. The zero-order chi connectivity index (χ0) is 21.2. The molecule has 2 heterocycles. The number of aromatic nitrogens is 2. The number of nitrogens with zero attached hydrogens (tertiary/aromatic N) is 3. The number of rotatable bonds is 5. The van der Waals surface area contributed by atoms with Crippen LogP contribution in [0.5, 0.6) is 5.75 Å². The molecule has 9 heteroatoms. The number of nitrogens with one attached hydrogen (secondary N) is 1. The van der Waals surface area contributed by atoms with E-state index in [1.54, 1.807) is 0 Å². The van der Waals surface area contributed by atoms with E-state index in [1.165, 1.54) is 12.1 Å². The molecule has 0 bridgehead atoms. The zero-order valence-corrected chi connectivity index (χ0v) is 16.0. The van der Waals surface area contributed by atoms with Crippen molar-refractivity contribution < 1.29 is 22.7 Å². The average molecular weight is 406 g/mol. The van der Waals surface area contributed by atoms with Crippen LogP contribution in [0.25, 0.3) is 0 Å². The van der Waals surface area contributed by atoms with Crippen LogP contribution in [-0.4, -0.2) is 30.0 Å². The maximum absolute atomic E-state index is 12.7. The lowest BCUT2D eigenvalue weighted by molar-refractivity contribution is -0.141. The van der Waals surface area contributed by atoms with Gasteiger partial charge in [-0.25, -0.2) is 9.97 Å². The van der Waals surface area contributed by atoms with Crippen molar-refractivity contribution in [3.63, 3.8) is 0 Å². The second kappa shape index (κ2) is 8.10. The number of halogens is 3. The van der Waals surface area contributed by atoms with Crippen LogP contribution in [0.4, 0.5) is 19.0 Å². The molecule has 6 nitrogen and oxygen atoms in total. The Kier molecular flexibility index (Phi) is 5.76. The molecule has 0 aliphatic heterocycles. The number of alkyl halides is 3. The third-order valence-corrected chi connectivity index (χ3v) is 4.61. The predicted molar refractivity (Wildman–Crippen MR) is 101 cm³/mol. The van der Waals surface area contributed by atoms with Gasteiger partial charge < -0.3 is 15.0 Å². The van der Waals surface area contributed by atoms with Gasteiger partial charge in [-0.2, -0.15) is 13.2 Å². The fourth-order valence-corrected chi connectivity index (χ4v) is 3.16. The normalized spacial score (nSPS) is 18.5. The highest BCUT2D eigenvalue weighted by Gasteiger charge is 2.33. The van der Waals surface area contributed by atoms with Crippen LogP contribution in [0.2, 0.25) is 0 Å². The number of fused-ring (bicyclic) bond motifs is 1. The SMILES string of the molecule is C=CC(=O)NC1CCC(Oc2ccc(C(F)(F)F)nc2)c2nc(N(C)C)ccc21. The molecule has 2 atom stereocenters. The fourth-order valence-electron chi connectivity index (χ4n) is 3.16. The van der Waals surface area contributed by atoms with Gasteiger partial charge in [-0.15, -0.1) is 0 Å². The first-order valence-corrected chi connectivity index (χ1v) is 9.00. The molecule has 0 saturated heterocycles. The summed E-state index contributed by atoms with van der Waals surface area (Å²) in [7, 11) is 3.70. The van der Waals surface area contributed by atoms with Crippen LogP contribution in [-0.2, 0) is 11.0 Å². The highest BCUT2D eigenvalue weighted by atomic mass is 19.4. The zero-order valence-electron chi connectivity index (χ0n) is 16.0. The summed E-state index contributed by atoms with van der Waals surface area (Å²) < 4.78 is 44.1. The molecule has 1 aliphatic carbocycles. The first-order valence-electron chi connectivity index (χ1n) is 9.00. The topological polar surface area (TPSA) is 67.3 Å². The molecule has 2 aromatic heterocycles. The van der Waals surface area contributed by atoms with Crippen molar-refractivity contribution in [1.82, 2.24) is 15.3 Å². The van der Waals surface area contributed by atoms with Crippen LogP contribution in [0.15, 0.2) is 43.1 Å². The number of anilines is 1. The summed E-state index contributed by atoms with van der Waals surface area (Å²) in [6, 6.07) is 5.61. The van der Waals surface area contributed by atoms with Gasteiger partial charge in [0.1, 0.15) is 23.4 Å². The van der Waals surface area contributed by atoms with Gasteiger partial charge in [-0.3, -0.25) is 4.79 Å². The van der Waals surface area contributed by atoms with Gasteiger partial charge in [-0.1, -0.05) is 12.6 Å². The molecule has 1 N–H and O–H groups in total. The third-order valence-electron chi connectivity index (χ3n) is 4.61. The molecule has 0 fully saturated rings. The van der Waals surface area contributed by atoms with Crippen molar-refractivity contribution in [2.45, 2.75) is 31.2 Å². The lowest BCUT2D eigenvalue weighted by Crippen LogP contribution is -2.32. The summed E-state index contributed by atoms with van der Waals surface area (Å²) in [5.74, 6) is 0.641. The number of amides is 1. The van der Waals surface area contributed by atoms with E-state index in [0.717, 1.165) is 17.8 Å². The Morgan fingerprint density at radius 1 is 1.28 bits per heavy atom. The summed E-state index contributed by atoms with van der Waals surface area (Å²) in [6.07, 6.45) is -1.59. The summed E-state index contributed by atoms with van der Waals surface area (Å²) in [6.45, 7) is 3.47. The quantitative estimate of drug-likeness (QED) is 0.765. The molecule has 1 amide bonds. The van der Waals surface area contributed by atoms with E-state index in [4.69, 9.17) is 4.74 Å². The van der Waals surface area contributed by atoms with Crippen molar-refractivity contribution >= 4 is 11.7 Å². The van der Waals surface area contributed by atoms with E-state index in [0.29, 0.717) is 24.4 Å². The lowest BCUT2D eigenvalue weighted by Gasteiger charge is -2.32. The van der Waals surface area contributed by atoms with Crippen molar-refractivity contribution in [1.29, 1.82) is 0 Å². The summed E-state index contributed by atoms with van der Waals surface area (Å²) >= 11 is 0. The molecule has 0 aromatic carbocycles. The Hall–Kier alpha value is -3.10. The molecule has 29 heavy (non-hydrogen) atoms. The minimum absolute atomic E-state index is 0.222. The van der Waals surface area contributed by atoms with E-state index in [-0.39, 0.29) is 17.7 Å². The second-order valence-corrected chi connectivity index (χ2v) is 6.86. The average Bonchev–Trinajstić information content (AvgIpc) is 2.69. The van der Waals surface area contributed by atoms with E-state index >= 15 is 0 Å². The summed E-state index contributed by atoms with van der Waals surface area (Å²) in [5.41, 5.74) is 0.466. The molecule has 2 aromatic rings. The van der Waals surface area contributed by atoms with Crippen molar-refractivity contribution in [2.24, 2.45) is 0 Å². The minimum Gasteiger partial charge on any atom is -0.482 e. The Morgan fingerprint density at radius 3 is 2.62 bits per heavy atom. The fraction of sp³-hybridized carbons (Fsp3) is 0.350. The van der Waals surface area contributed by atoms with Gasteiger partial charge in [0.25, 0.3) is 0 Å². The van der Waals surface area contributed by atoms with Gasteiger partial charge in [0.05, 0.1) is 17.9 Å². The highest BCUT2D eigenvalue weighted by Crippen LogP contribution is 2.39. The Labute approximate surface area is 166 Å². The largest absolute Gasteiger partial charge is 0.482 e. The number of pyridine rings is 2. The van der Waals surface area contributed by atoms with E-state index < -0.39 is 18.0 Å².